The summed E-state index contributed by atoms with van der Waals surface area (Å²) in [7, 11) is 0. The summed E-state index contributed by atoms with van der Waals surface area (Å²) in [5.74, 6) is 0.731. The van der Waals surface area contributed by atoms with Crippen LogP contribution in [0.1, 0.15) is 31.6 Å². The third-order valence-corrected chi connectivity index (χ3v) is 3.65. The summed E-state index contributed by atoms with van der Waals surface area (Å²) in [5.41, 5.74) is 0. The molecule has 1 aliphatic carbocycles. The topological polar surface area (TPSA) is 16.1 Å². The van der Waals surface area contributed by atoms with Crippen molar-refractivity contribution in [1.29, 1.82) is 0 Å². The van der Waals surface area contributed by atoms with Gasteiger partial charge in [0, 0.05) is 30.2 Å². The van der Waals surface area contributed by atoms with Crippen molar-refractivity contribution < 1.29 is 0 Å². The number of halogens is 1. The van der Waals surface area contributed by atoms with E-state index in [4.69, 9.17) is 11.6 Å². The molecule has 0 N–H and O–H groups in total. The van der Waals surface area contributed by atoms with Gasteiger partial charge in [0.05, 0.1) is 0 Å². The van der Waals surface area contributed by atoms with Gasteiger partial charge in [0.15, 0.2) is 4.47 Å². The Morgan fingerprint density at radius 3 is 2.80 bits per heavy atom. The van der Waals surface area contributed by atoms with Crippen molar-refractivity contribution in [2.75, 3.05) is 6.54 Å². The maximum absolute atomic E-state index is 5.83. The van der Waals surface area contributed by atoms with Crippen molar-refractivity contribution >= 4 is 22.9 Å². The maximum atomic E-state index is 5.83. The van der Waals surface area contributed by atoms with E-state index in [-0.39, 0.29) is 0 Å². The fraction of sp³-hybridized carbons (Fsp3) is 0.727. The molecule has 1 fully saturated rings. The molecule has 0 amide bonds. The van der Waals surface area contributed by atoms with Crippen molar-refractivity contribution in [2.45, 2.75) is 39.3 Å². The Balaban J connectivity index is 1.94. The van der Waals surface area contributed by atoms with Gasteiger partial charge in [0.1, 0.15) is 0 Å². The minimum atomic E-state index is 0.658. The molecule has 0 unspecified atom stereocenters. The lowest BCUT2D eigenvalue weighted by Crippen LogP contribution is -2.29. The second-order valence-corrected chi connectivity index (χ2v) is 6.33. The third-order valence-electron chi connectivity index (χ3n) is 2.55. The number of hydrogen-bond donors (Lipinski definition) is 0. The Hall–Kier alpha value is -0.120. The van der Waals surface area contributed by atoms with Crippen LogP contribution < -0.4 is 0 Å². The number of hydrogen-bond acceptors (Lipinski definition) is 3. The fourth-order valence-electron chi connectivity index (χ4n) is 1.81. The fourth-order valence-corrected chi connectivity index (χ4v) is 2.81. The summed E-state index contributed by atoms with van der Waals surface area (Å²) in [4.78, 5) is 7.93. The number of rotatable bonds is 5. The smallest absolute Gasteiger partial charge is 0.183 e. The Labute approximate surface area is 100 Å². The van der Waals surface area contributed by atoms with Gasteiger partial charge in [-0.15, -0.1) is 11.3 Å². The molecule has 4 heteroatoms. The first-order chi connectivity index (χ1) is 7.15. The summed E-state index contributed by atoms with van der Waals surface area (Å²) < 4.78 is 0.658. The predicted octanol–water partition coefficient (Wildman–Crippen LogP) is 3.42. The van der Waals surface area contributed by atoms with Gasteiger partial charge in [-0.3, -0.25) is 4.90 Å². The first-order valence-corrected chi connectivity index (χ1v) is 6.69. The van der Waals surface area contributed by atoms with Crippen LogP contribution in [-0.4, -0.2) is 22.5 Å². The van der Waals surface area contributed by atoms with Gasteiger partial charge < -0.3 is 0 Å². The molecule has 0 aromatic carbocycles. The van der Waals surface area contributed by atoms with Crippen LogP contribution in [0, 0.1) is 5.92 Å². The molecule has 1 aliphatic rings. The van der Waals surface area contributed by atoms with E-state index in [1.807, 2.05) is 6.20 Å². The zero-order chi connectivity index (χ0) is 10.8. The van der Waals surface area contributed by atoms with Crippen LogP contribution >= 0.6 is 22.9 Å². The van der Waals surface area contributed by atoms with Crippen molar-refractivity contribution in [3.05, 3.63) is 15.5 Å². The zero-order valence-electron chi connectivity index (χ0n) is 9.24. The number of nitrogens with zero attached hydrogens (tertiary/aromatic N) is 2. The quantitative estimate of drug-likeness (QED) is 0.789. The molecule has 0 spiro atoms. The largest absolute Gasteiger partial charge is 0.295 e. The minimum absolute atomic E-state index is 0.658. The summed E-state index contributed by atoms with van der Waals surface area (Å²) in [6.45, 7) is 6.75. The summed E-state index contributed by atoms with van der Waals surface area (Å²) in [5, 5.41) is 0. The Morgan fingerprint density at radius 1 is 1.60 bits per heavy atom. The number of aromatic nitrogens is 1. The van der Waals surface area contributed by atoms with Gasteiger partial charge >= 0.3 is 0 Å². The molecule has 1 aromatic rings. The maximum Gasteiger partial charge on any atom is 0.183 e. The molecule has 1 heterocycles. The molecular formula is C11H17ClN2S. The molecular weight excluding hydrogens is 228 g/mol. The summed E-state index contributed by atoms with van der Waals surface area (Å²) in [6, 6.07) is 0.813. The zero-order valence-corrected chi connectivity index (χ0v) is 10.8. The van der Waals surface area contributed by atoms with E-state index in [1.54, 1.807) is 11.3 Å². The van der Waals surface area contributed by atoms with Crippen LogP contribution in [0.5, 0.6) is 0 Å². The van der Waals surface area contributed by atoms with Crippen molar-refractivity contribution in [2.24, 2.45) is 5.92 Å². The van der Waals surface area contributed by atoms with Crippen LogP contribution in [-0.2, 0) is 6.54 Å². The molecule has 2 rings (SSSR count). The molecule has 0 bridgehead atoms. The lowest BCUT2D eigenvalue weighted by molar-refractivity contribution is 0.228. The lowest BCUT2D eigenvalue weighted by Gasteiger charge is -2.22. The average molecular weight is 245 g/mol. The normalized spacial score (nSPS) is 16.6. The average Bonchev–Trinajstić information content (AvgIpc) is 2.90. The van der Waals surface area contributed by atoms with Crippen molar-refractivity contribution in [1.82, 2.24) is 9.88 Å². The van der Waals surface area contributed by atoms with Crippen LogP contribution in [0.4, 0.5) is 0 Å². The second kappa shape index (κ2) is 4.81. The van der Waals surface area contributed by atoms with E-state index in [0.29, 0.717) is 4.47 Å². The van der Waals surface area contributed by atoms with E-state index >= 15 is 0 Å². The Morgan fingerprint density at radius 2 is 2.33 bits per heavy atom. The molecule has 0 aliphatic heterocycles. The Kier molecular flexibility index (Phi) is 3.65. The minimum Gasteiger partial charge on any atom is -0.295 e. The van der Waals surface area contributed by atoms with Crippen molar-refractivity contribution in [3.63, 3.8) is 0 Å². The highest BCUT2D eigenvalue weighted by molar-refractivity contribution is 7.15. The highest BCUT2D eigenvalue weighted by Gasteiger charge is 2.29. The third kappa shape index (κ3) is 3.44. The van der Waals surface area contributed by atoms with E-state index < -0.39 is 0 Å². The number of thiazole rings is 1. The van der Waals surface area contributed by atoms with Crippen LogP contribution in [0.2, 0.25) is 4.47 Å². The van der Waals surface area contributed by atoms with Gasteiger partial charge in [-0.25, -0.2) is 4.98 Å². The first-order valence-electron chi connectivity index (χ1n) is 5.49. The van der Waals surface area contributed by atoms with E-state index in [2.05, 4.69) is 23.7 Å². The van der Waals surface area contributed by atoms with Gasteiger partial charge in [0.25, 0.3) is 0 Å². The van der Waals surface area contributed by atoms with Gasteiger partial charge in [0.2, 0.25) is 0 Å². The van der Waals surface area contributed by atoms with E-state index in [0.717, 1.165) is 18.5 Å². The van der Waals surface area contributed by atoms with Crippen LogP contribution in [0.15, 0.2) is 6.20 Å². The Bertz CT molecular complexity index is 320. The summed E-state index contributed by atoms with van der Waals surface area (Å²) in [6.07, 6.45) is 4.63. The van der Waals surface area contributed by atoms with Gasteiger partial charge in [-0.2, -0.15) is 0 Å². The predicted molar refractivity (Wildman–Crippen MR) is 65.4 cm³/mol. The molecule has 0 radical (unpaired) electrons. The van der Waals surface area contributed by atoms with E-state index in [1.165, 1.54) is 24.3 Å². The van der Waals surface area contributed by atoms with Gasteiger partial charge in [-0.05, 0) is 18.8 Å². The molecule has 15 heavy (non-hydrogen) atoms. The van der Waals surface area contributed by atoms with Crippen molar-refractivity contribution in [3.8, 4) is 0 Å². The molecule has 84 valence electrons. The highest BCUT2D eigenvalue weighted by atomic mass is 35.5. The van der Waals surface area contributed by atoms with Crippen LogP contribution in [0.25, 0.3) is 0 Å². The highest BCUT2D eigenvalue weighted by Crippen LogP contribution is 2.30. The van der Waals surface area contributed by atoms with E-state index in [9.17, 15) is 0 Å². The molecule has 0 saturated heterocycles. The SMILES string of the molecule is CC(C)CN(Cc1cnc(Cl)s1)C1CC1. The monoisotopic (exact) mass is 244 g/mol. The lowest BCUT2D eigenvalue weighted by atomic mass is 10.2. The van der Waals surface area contributed by atoms with Gasteiger partial charge in [-0.1, -0.05) is 25.4 Å². The molecule has 2 nitrogen and oxygen atoms in total. The van der Waals surface area contributed by atoms with Crippen LogP contribution in [0.3, 0.4) is 0 Å². The summed E-state index contributed by atoms with van der Waals surface area (Å²) >= 11 is 7.43. The first kappa shape index (κ1) is 11.4. The molecule has 1 aromatic heterocycles. The molecule has 1 saturated carbocycles. The second-order valence-electron chi connectivity index (χ2n) is 4.63. The molecule has 0 atom stereocenters. The standard InChI is InChI=1S/C11H17ClN2S/c1-8(2)6-14(9-3-4-9)7-10-5-13-11(12)15-10/h5,8-9H,3-4,6-7H2,1-2H3.